The molecule has 22 heavy (non-hydrogen) atoms. The summed E-state index contributed by atoms with van der Waals surface area (Å²) >= 11 is 0. The smallest absolute Gasteiger partial charge is 0.331 e. The fourth-order valence-electron chi connectivity index (χ4n) is 1.90. The van der Waals surface area contributed by atoms with Gasteiger partial charge in [-0.25, -0.2) is 4.79 Å². The lowest BCUT2D eigenvalue weighted by atomic mass is 10.1. The lowest BCUT2D eigenvalue weighted by molar-refractivity contribution is -0.129. The molecule has 0 unspecified atom stereocenters. The Kier molecular flexibility index (Phi) is 4.41. The topological polar surface area (TPSA) is 69.7 Å². The highest BCUT2D eigenvalue weighted by Gasteiger charge is 2.32. The maximum atomic E-state index is 11.8. The van der Waals surface area contributed by atoms with Crippen LogP contribution in [-0.2, 0) is 9.59 Å². The van der Waals surface area contributed by atoms with Crippen LogP contribution in [0.3, 0.4) is 0 Å². The van der Waals surface area contributed by atoms with Gasteiger partial charge in [0, 0.05) is 26.8 Å². The first-order valence-electron chi connectivity index (χ1n) is 6.69. The molecule has 1 aliphatic heterocycles. The first-order chi connectivity index (χ1) is 10.4. The maximum Gasteiger partial charge on any atom is 0.331 e. The number of allylic oxidation sites excluding steroid dienone is 2. The maximum absolute atomic E-state index is 11.8. The van der Waals surface area contributed by atoms with Crippen LogP contribution in [-0.4, -0.2) is 43.9 Å². The second-order valence-corrected chi connectivity index (χ2v) is 5.05. The van der Waals surface area contributed by atoms with Crippen LogP contribution in [0.1, 0.15) is 5.56 Å². The number of carbonyl (C=O) groups is 3. The van der Waals surface area contributed by atoms with Gasteiger partial charge in [0.15, 0.2) is 0 Å². The number of hydrogen-bond donors (Lipinski definition) is 1. The zero-order valence-electron chi connectivity index (χ0n) is 12.7. The number of nitrogens with zero attached hydrogens (tertiary/aromatic N) is 2. The number of anilines is 1. The van der Waals surface area contributed by atoms with Crippen molar-refractivity contribution < 1.29 is 14.4 Å². The third-order valence-corrected chi connectivity index (χ3v) is 3.27. The van der Waals surface area contributed by atoms with E-state index < -0.39 is 17.8 Å². The van der Waals surface area contributed by atoms with E-state index in [2.05, 4.69) is 5.32 Å². The third kappa shape index (κ3) is 3.22. The average Bonchev–Trinajstić information content (AvgIpc) is 2.49. The molecular weight excluding hydrogens is 282 g/mol. The number of hydrogen-bond acceptors (Lipinski definition) is 4. The summed E-state index contributed by atoms with van der Waals surface area (Å²) in [7, 11) is 5.24. The van der Waals surface area contributed by atoms with Crippen LogP contribution in [0.25, 0.3) is 6.08 Å². The van der Waals surface area contributed by atoms with Crippen LogP contribution >= 0.6 is 0 Å². The Bertz CT molecular complexity index is 672. The second kappa shape index (κ2) is 6.26. The van der Waals surface area contributed by atoms with Gasteiger partial charge in [-0.15, -0.1) is 0 Å². The fourth-order valence-corrected chi connectivity index (χ4v) is 1.90. The highest BCUT2D eigenvalue weighted by molar-refractivity contribution is 6.28. The molecule has 1 aromatic rings. The van der Waals surface area contributed by atoms with E-state index in [0.717, 1.165) is 16.2 Å². The molecule has 0 bridgehead atoms. The van der Waals surface area contributed by atoms with E-state index in [0.29, 0.717) is 0 Å². The van der Waals surface area contributed by atoms with Crippen molar-refractivity contribution in [1.82, 2.24) is 10.2 Å². The number of nitrogens with one attached hydrogen (secondary N) is 1. The van der Waals surface area contributed by atoms with Crippen LogP contribution in [0.5, 0.6) is 0 Å². The minimum atomic E-state index is -0.713. The van der Waals surface area contributed by atoms with E-state index in [1.165, 1.54) is 13.1 Å². The van der Waals surface area contributed by atoms with Crippen molar-refractivity contribution in [2.45, 2.75) is 0 Å². The lowest BCUT2D eigenvalue weighted by Crippen LogP contribution is -2.52. The first kappa shape index (κ1) is 15.5. The number of benzene rings is 1. The number of amides is 4. The highest BCUT2D eigenvalue weighted by Crippen LogP contribution is 2.14. The van der Waals surface area contributed by atoms with Crippen molar-refractivity contribution in [3.05, 3.63) is 47.6 Å². The second-order valence-electron chi connectivity index (χ2n) is 5.05. The fraction of sp³-hybridized carbons (Fsp3) is 0.188. The summed E-state index contributed by atoms with van der Waals surface area (Å²) in [5.41, 5.74) is 1.95. The summed E-state index contributed by atoms with van der Waals surface area (Å²) in [6.07, 6.45) is 4.80. The molecular formula is C16H17N3O3. The van der Waals surface area contributed by atoms with E-state index in [9.17, 15) is 14.4 Å². The Hall–Kier alpha value is -2.89. The van der Waals surface area contributed by atoms with E-state index in [1.54, 1.807) is 12.2 Å². The summed E-state index contributed by atoms with van der Waals surface area (Å²) in [5, 5.41) is 2.10. The molecule has 0 saturated carbocycles. The van der Waals surface area contributed by atoms with Crippen molar-refractivity contribution in [1.29, 1.82) is 0 Å². The Morgan fingerprint density at radius 1 is 1.09 bits per heavy atom. The van der Waals surface area contributed by atoms with Gasteiger partial charge in [-0.1, -0.05) is 24.3 Å². The van der Waals surface area contributed by atoms with Crippen molar-refractivity contribution >= 4 is 29.6 Å². The van der Waals surface area contributed by atoms with Crippen molar-refractivity contribution in [2.75, 3.05) is 26.0 Å². The van der Waals surface area contributed by atoms with Crippen molar-refractivity contribution in [2.24, 2.45) is 0 Å². The summed E-state index contributed by atoms with van der Waals surface area (Å²) in [6.45, 7) is 0. The summed E-state index contributed by atoms with van der Waals surface area (Å²) in [6, 6.07) is 7.09. The van der Waals surface area contributed by atoms with Crippen molar-refractivity contribution in [3.63, 3.8) is 0 Å². The molecule has 0 atom stereocenters. The zero-order chi connectivity index (χ0) is 16.3. The Balaban J connectivity index is 2.14. The number of barbiturate groups is 1. The highest BCUT2D eigenvalue weighted by atomic mass is 16.2. The van der Waals surface area contributed by atoms with Crippen LogP contribution < -0.4 is 10.2 Å². The molecule has 114 valence electrons. The SMILES string of the molecule is CN1C(=O)NC(=O)/C(=C\C=C\c2ccc(N(C)C)cc2)C1=O. The molecule has 1 heterocycles. The van der Waals surface area contributed by atoms with Crippen LogP contribution in [0.15, 0.2) is 42.0 Å². The van der Waals surface area contributed by atoms with E-state index in [-0.39, 0.29) is 5.57 Å². The largest absolute Gasteiger partial charge is 0.378 e. The number of imide groups is 2. The number of urea groups is 1. The Labute approximate surface area is 128 Å². The van der Waals surface area contributed by atoms with Crippen LogP contribution in [0.2, 0.25) is 0 Å². The van der Waals surface area contributed by atoms with Gasteiger partial charge in [-0.3, -0.25) is 19.8 Å². The standard InChI is InChI=1S/C16H17N3O3/c1-18(2)12-9-7-11(8-10-12)5-4-6-13-14(20)17-16(22)19(3)15(13)21/h4-10H,1-3H3,(H,17,20,22)/b5-4+,13-6+. The average molecular weight is 299 g/mol. The minimum Gasteiger partial charge on any atom is -0.378 e. The number of likely N-dealkylation sites (N-methyl/N-ethyl adjacent to an activating group) is 1. The molecule has 0 aliphatic carbocycles. The first-order valence-corrected chi connectivity index (χ1v) is 6.69. The van der Waals surface area contributed by atoms with Gasteiger partial charge < -0.3 is 4.90 Å². The molecule has 2 rings (SSSR count). The summed E-state index contributed by atoms with van der Waals surface area (Å²) in [5.74, 6) is -1.29. The molecule has 1 aliphatic rings. The minimum absolute atomic E-state index is 0.0664. The zero-order valence-corrected chi connectivity index (χ0v) is 12.7. The van der Waals surface area contributed by atoms with Crippen LogP contribution in [0.4, 0.5) is 10.5 Å². The van der Waals surface area contributed by atoms with Gasteiger partial charge in [-0.05, 0) is 23.8 Å². The van der Waals surface area contributed by atoms with Gasteiger partial charge >= 0.3 is 6.03 Å². The third-order valence-electron chi connectivity index (χ3n) is 3.27. The van der Waals surface area contributed by atoms with E-state index in [4.69, 9.17) is 0 Å². The molecule has 1 saturated heterocycles. The predicted octanol–water partition coefficient (Wildman–Crippen LogP) is 1.40. The van der Waals surface area contributed by atoms with Gasteiger partial charge in [0.25, 0.3) is 11.8 Å². The molecule has 6 nitrogen and oxygen atoms in total. The lowest BCUT2D eigenvalue weighted by Gasteiger charge is -2.21. The molecule has 4 amide bonds. The van der Waals surface area contributed by atoms with E-state index in [1.807, 2.05) is 43.3 Å². The molecule has 1 fully saturated rings. The summed E-state index contributed by atoms with van der Waals surface area (Å²) < 4.78 is 0. The molecule has 1 N–H and O–H groups in total. The molecule has 1 aromatic carbocycles. The van der Waals surface area contributed by atoms with Crippen molar-refractivity contribution in [3.8, 4) is 0 Å². The Morgan fingerprint density at radius 3 is 2.32 bits per heavy atom. The van der Waals surface area contributed by atoms with Gasteiger partial charge in [0.05, 0.1) is 0 Å². The van der Waals surface area contributed by atoms with Gasteiger partial charge in [-0.2, -0.15) is 0 Å². The van der Waals surface area contributed by atoms with Gasteiger partial charge in [0.1, 0.15) is 5.57 Å². The monoisotopic (exact) mass is 299 g/mol. The molecule has 0 spiro atoms. The summed E-state index contributed by atoms with van der Waals surface area (Å²) in [4.78, 5) is 37.6. The van der Waals surface area contributed by atoms with E-state index >= 15 is 0 Å². The quantitative estimate of drug-likeness (QED) is 0.676. The molecule has 6 heteroatoms. The molecule has 0 aromatic heterocycles. The normalized spacial score (nSPS) is 17.3. The number of rotatable bonds is 3. The predicted molar refractivity (Wildman–Crippen MR) is 84.2 cm³/mol. The van der Waals surface area contributed by atoms with Crippen LogP contribution in [0, 0.1) is 0 Å². The molecule has 0 radical (unpaired) electrons. The Morgan fingerprint density at radius 2 is 1.73 bits per heavy atom. The number of carbonyl (C=O) groups excluding carboxylic acids is 3. The van der Waals surface area contributed by atoms with Gasteiger partial charge in [0.2, 0.25) is 0 Å².